The Morgan fingerprint density at radius 1 is 1.45 bits per heavy atom. The zero-order chi connectivity index (χ0) is 14.2. The van der Waals surface area contributed by atoms with Crippen molar-refractivity contribution in [2.45, 2.75) is 30.6 Å². The van der Waals surface area contributed by atoms with E-state index in [1.54, 1.807) is 6.92 Å². The van der Waals surface area contributed by atoms with E-state index in [9.17, 15) is 8.42 Å². The molecule has 0 spiro atoms. The van der Waals surface area contributed by atoms with Gasteiger partial charge >= 0.3 is 0 Å². The Labute approximate surface area is 116 Å². The smallest absolute Gasteiger partial charge is 0.246 e. The highest BCUT2D eigenvalue weighted by Crippen LogP contribution is 2.29. The first-order valence-corrected chi connectivity index (χ1v) is 7.84. The topological polar surface area (TPSA) is 89.4 Å². The third-order valence-corrected chi connectivity index (χ3v) is 5.25. The van der Waals surface area contributed by atoms with Gasteiger partial charge in [-0.15, -0.1) is 0 Å². The van der Waals surface area contributed by atoms with Crippen LogP contribution in [-0.4, -0.2) is 36.0 Å². The van der Waals surface area contributed by atoms with Crippen molar-refractivity contribution in [1.29, 1.82) is 0 Å². The number of hydrogen-bond acceptors (Lipinski definition) is 6. The van der Waals surface area contributed by atoms with Crippen molar-refractivity contribution in [3.8, 4) is 0 Å². The van der Waals surface area contributed by atoms with Crippen molar-refractivity contribution in [3.05, 3.63) is 30.3 Å². The van der Waals surface area contributed by atoms with E-state index in [1.807, 2.05) is 0 Å². The number of aryl methyl sites for hydroxylation is 1. The van der Waals surface area contributed by atoms with Gasteiger partial charge in [0.05, 0.1) is 12.2 Å². The van der Waals surface area contributed by atoms with Gasteiger partial charge in [-0.1, -0.05) is 5.16 Å². The highest BCUT2D eigenvalue weighted by molar-refractivity contribution is 7.89. The van der Waals surface area contributed by atoms with E-state index < -0.39 is 10.0 Å². The Morgan fingerprint density at radius 2 is 2.30 bits per heavy atom. The molecule has 0 saturated carbocycles. The van der Waals surface area contributed by atoms with Gasteiger partial charge in [0.2, 0.25) is 15.9 Å². The predicted molar refractivity (Wildman–Crippen MR) is 68.5 cm³/mol. The minimum absolute atomic E-state index is 0.0494. The van der Waals surface area contributed by atoms with Crippen LogP contribution in [0.1, 0.15) is 30.5 Å². The molecule has 3 heterocycles. The Balaban J connectivity index is 1.82. The molecule has 7 nitrogen and oxygen atoms in total. The Kier molecular flexibility index (Phi) is 3.35. The molecule has 1 fully saturated rings. The highest BCUT2D eigenvalue weighted by atomic mass is 32.2. The third-order valence-electron chi connectivity index (χ3n) is 3.41. The lowest BCUT2D eigenvalue weighted by Crippen LogP contribution is -2.39. The molecule has 1 saturated heterocycles. The Bertz CT molecular complexity index is 677. The van der Waals surface area contributed by atoms with Crippen molar-refractivity contribution in [2.75, 3.05) is 13.1 Å². The summed E-state index contributed by atoms with van der Waals surface area (Å²) >= 11 is 0. The molecular formula is C12H15N3O4S. The zero-order valence-electron chi connectivity index (χ0n) is 11.0. The van der Waals surface area contributed by atoms with Crippen LogP contribution in [-0.2, 0) is 10.0 Å². The predicted octanol–water partition coefficient (Wildman–Crippen LogP) is 1.54. The lowest BCUT2D eigenvalue weighted by molar-refractivity contribution is 0.265. The van der Waals surface area contributed by atoms with Gasteiger partial charge in [0.15, 0.2) is 5.82 Å². The monoisotopic (exact) mass is 297 g/mol. The van der Waals surface area contributed by atoms with Gasteiger partial charge in [-0.3, -0.25) is 0 Å². The summed E-state index contributed by atoms with van der Waals surface area (Å²) in [5.41, 5.74) is 0. The van der Waals surface area contributed by atoms with Crippen LogP contribution in [0.3, 0.4) is 0 Å². The molecule has 1 aliphatic rings. The van der Waals surface area contributed by atoms with Crippen LogP contribution < -0.4 is 0 Å². The molecule has 2 aromatic rings. The minimum atomic E-state index is -3.50. The summed E-state index contributed by atoms with van der Waals surface area (Å²) in [4.78, 5) is 4.38. The number of furan rings is 1. The van der Waals surface area contributed by atoms with Gasteiger partial charge in [-0.25, -0.2) is 8.42 Å². The summed E-state index contributed by atoms with van der Waals surface area (Å²) in [6, 6.07) is 1.45. The second-order valence-electron chi connectivity index (χ2n) is 4.84. The zero-order valence-corrected chi connectivity index (χ0v) is 11.8. The fourth-order valence-electron chi connectivity index (χ4n) is 2.39. The summed E-state index contributed by atoms with van der Waals surface area (Å²) in [6.45, 7) is 2.60. The largest absolute Gasteiger partial charge is 0.471 e. The van der Waals surface area contributed by atoms with Crippen LogP contribution in [0.2, 0.25) is 0 Å². The van der Waals surface area contributed by atoms with Crippen LogP contribution in [0.4, 0.5) is 0 Å². The maximum Gasteiger partial charge on any atom is 0.246 e. The molecule has 0 bridgehead atoms. The van der Waals surface area contributed by atoms with E-state index >= 15 is 0 Å². The van der Waals surface area contributed by atoms with Gasteiger partial charge in [-0.2, -0.15) is 9.29 Å². The molecule has 1 aliphatic heterocycles. The van der Waals surface area contributed by atoms with Crippen molar-refractivity contribution in [1.82, 2.24) is 14.4 Å². The van der Waals surface area contributed by atoms with Gasteiger partial charge in [0, 0.05) is 13.1 Å². The molecule has 8 heteroatoms. The molecular weight excluding hydrogens is 282 g/mol. The van der Waals surface area contributed by atoms with Crippen molar-refractivity contribution >= 4 is 10.0 Å². The van der Waals surface area contributed by atoms with E-state index in [4.69, 9.17) is 8.94 Å². The van der Waals surface area contributed by atoms with Crippen LogP contribution >= 0.6 is 0 Å². The number of rotatable bonds is 3. The van der Waals surface area contributed by atoms with Crippen molar-refractivity contribution in [2.24, 2.45) is 0 Å². The average molecular weight is 297 g/mol. The fourth-order valence-corrected chi connectivity index (χ4v) is 3.84. The van der Waals surface area contributed by atoms with Crippen molar-refractivity contribution < 1.29 is 17.4 Å². The molecule has 20 heavy (non-hydrogen) atoms. The van der Waals surface area contributed by atoms with Gasteiger partial charge < -0.3 is 8.94 Å². The molecule has 108 valence electrons. The number of nitrogens with zero attached hydrogens (tertiary/aromatic N) is 3. The van der Waals surface area contributed by atoms with Crippen LogP contribution in [0.15, 0.2) is 32.4 Å². The lowest BCUT2D eigenvalue weighted by atomic mass is 10.00. The maximum atomic E-state index is 12.4. The van der Waals surface area contributed by atoms with E-state index in [2.05, 4.69) is 10.1 Å². The first kappa shape index (κ1) is 13.3. The van der Waals surface area contributed by atoms with Gasteiger partial charge in [-0.05, 0) is 25.8 Å². The van der Waals surface area contributed by atoms with Gasteiger partial charge in [0.1, 0.15) is 11.2 Å². The molecule has 0 N–H and O–H groups in total. The average Bonchev–Trinajstić information content (AvgIpc) is 3.10. The molecule has 1 atom stereocenters. The molecule has 0 amide bonds. The van der Waals surface area contributed by atoms with Crippen molar-refractivity contribution in [3.63, 3.8) is 0 Å². The summed E-state index contributed by atoms with van der Waals surface area (Å²) in [7, 11) is -3.50. The summed E-state index contributed by atoms with van der Waals surface area (Å²) in [5, 5.41) is 3.76. The first-order chi connectivity index (χ1) is 9.57. The van der Waals surface area contributed by atoms with Crippen LogP contribution in [0, 0.1) is 6.92 Å². The number of hydrogen-bond donors (Lipinski definition) is 0. The minimum Gasteiger partial charge on any atom is -0.471 e. The third kappa shape index (κ3) is 2.36. The standard InChI is InChI=1S/C12H15N3O4S/c1-9-13-12(19-14-9)10-3-2-5-15(7-10)20(16,17)11-4-6-18-8-11/h4,6,8,10H,2-3,5,7H2,1H3. The first-order valence-electron chi connectivity index (χ1n) is 6.40. The van der Waals surface area contributed by atoms with E-state index in [0.717, 1.165) is 12.8 Å². The normalized spacial score (nSPS) is 21.1. The summed E-state index contributed by atoms with van der Waals surface area (Å²) in [6.07, 6.45) is 4.22. The van der Waals surface area contributed by atoms with E-state index in [-0.39, 0.29) is 10.8 Å². The number of piperidine rings is 1. The SMILES string of the molecule is Cc1noc(C2CCCN(S(=O)(=O)c3ccoc3)C2)n1. The maximum absolute atomic E-state index is 12.4. The second-order valence-corrected chi connectivity index (χ2v) is 6.78. The van der Waals surface area contributed by atoms with E-state index in [1.165, 1.54) is 22.9 Å². The fraction of sp³-hybridized carbons (Fsp3) is 0.500. The quantitative estimate of drug-likeness (QED) is 0.853. The lowest BCUT2D eigenvalue weighted by Gasteiger charge is -2.29. The van der Waals surface area contributed by atoms with Gasteiger partial charge in [0.25, 0.3) is 0 Å². The molecule has 1 unspecified atom stereocenters. The van der Waals surface area contributed by atoms with Crippen LogP contribution in [0.5, 0.6) is 0 Å². The number of sulfonamides is 1. The van der Waals surface area contributed by atoms with Crippen LogP contribution in [0.25, 0.3) is 0 Å². The summed E-state index contributed by atoms with van der Waals surface area (Å²) < 4.78 is 36.3. The molecule has 3 rings (SSSR count). The second kappa shape index (κ2) is 5.02. The molecule has 2 aromatic heterocycles. The Morgan fingerprint density at radius 3 is 2.95 bits per heavy atom. The molecule has 0 radical (unpaired) electrons. The number of aromatic nitrogens is 2. The highest BCUT2D eigenvalue weighted by Gasteiger charge is 2.33. The molecule has 0 aliphatic carbocycles. The Hall–Kier alpha value is -1.67. The summed E-state index contributed by atoms with van der Waals surface area (Å²) in [5.74, 6) is 1.02. The van der Waals surface area contributed by atoms with E-state index in [0.29, 0.717) is 24.8 Å². The molecule has 0 aromatic carbocycles.